The van der Waals surface area contributed by atoms with E-state index in [0.717, 1.165) is 42.3 Å². The number of guanidine groups is 1. The maximum atomic E-state index is 13.4. The Kier molecular flexibility index (Phi) is 9.39. The first-order chi connectivity index (χ1) is 10.7. The molecule has 22 heavy (non-hydrogen) atoms. The van der Waals surface area contributed by atoms with E-state index in [1.165, 1.54) is 6.07 Å². The van der Waals surface area contributed by atoms with Gasteiger partial charge in [-0.15, -0.1) is 0 Å². The molecule has 0 bridgehead atoms. The topological polar surface area (TPSA) is 36.4 Å². The molecule has 3 nitrogen and oxygen atoms in total. The Morgan fingerprint density at radius 3 is 2.82 bits per heavy atom. The predicted octanol–water partition coefficient (Wildman–Crippen LogP) is 3.71. The van der Waals surface area contributed by atoms with Crippen LogP contribution in [0.2, 0.25) is 0 Å². The van der Waals surface area contributed by atoms with Crippen LogP contribution >= 0.6 is 11.8 Å². The summed E-state index contributed by atoms with van der Waals surface area (Å²) >= 11 is 1.69. The lowest BCUT2D eigenvalue weighted by Gasteiger charge is -2.12. The summed E-state index contributed by atoms with van der Waals surface area (Å²) in [4.78, 5) is 4.59. The highest BCUT2D eigenvalue weighted by atomic mass is 32.2. The number of hydrogen-bond acceptors (Lipinski definition) is 2. The number of hydrogen-bond donors (Lipinski definition) is 2. The fraction of sp³-hybridized carbons (Fsp3) is 0.471. The molecular weight excluding hydrogens is 297 g/mol. The average Bonchev–Trinajstić information content (AvgIpc) is 2.51. The molecule has 2 N–H and O–H groups in total. The minimum Gasteiger partial charge on any atom is -0.357 e. The quantitative estimate of drug-likeness (QED) is 0.331. The maximum Gasteiger partial charge on any atom is 0.191 e. The SMILES string of the molecule is C/C=C/CCNC(=NCc1ccc(F)cc1CSC)NCC. The highest BCUT2D eigenvalue weighted by Gasteiger charge is 2.04. The minimum atomic E-state index is -0.187. The van der Waals surface area contributed by atoms with Crippen LogP contribution in [0.3, 0.4) is 0 Å². The third-order valence-corrected chi connectivity index (χ3v) is 3.66. The molecule has 0 amide bonds. The monoisotopic (exact) mass is 323 g/mol. The summed E-state index contributed by atoms with van der Waals surface area (Å²) in [5, 5.41) is 6.53. The summed E-state index contributed by atoms with van der Waals surface area (Å²) in [7, 11) is 0. The van der Waals surface area contributed by atoms with Crippen molar-refractivity contribution in [2.24, 2.45) is 4.99 Å². The van der Waals surface area contributed by atoms with E-state index in [1.54, 1.807) is 17.8 Å². The minimum absolute atomic E-state index is 0.187. The zero-order valence-electron chi connectivity index (χ0n) is 13.7. The van der Waals surface area contributed by atoms with E-state index < -0.39 is 0 Å². The van der Waals surface area contributed by atoms with Crippen LogP contribution in [-0.4, -0.2) is 25.3 Å². The number of rotatable bonds is 8. The molecule has 0 saturated heterocycles. The first-order valence-corrected chi connectivity index (χ1v) is 9.00. The first kappa shape index (κ1) is 18.6. The van der Waals surface area contributed by atoms with Gasteiger partial charge in [-0.25, -0.2) is 9.38 Å². The van der Waals surface area contributed by atoms with Gasteiger partial charge in [0.2, 0.25) is 0 Å². The molecule has 0 unspecified atom stereocenters. The van der Waals surface area contributed by atoms with Crippen molar-refractivity contribution in [3.8, 4) is 0 Å². The highest BCUT2D eigenvalue weighted by molar-refractivity contribution is 7.97. The third-order valence-electron chi connectivity index (χ3n) is 3.06. The molecule has 0 heterocycles. The van der Waals surface area contributed by atoms with Crippen LogP contribution in [0.4, 0.5) is 4.39 Å². The Morgan fingerprint density at radius 2 is 2.14 bits per heavy atom. The Hall–Kier alpha value is -1.49. The van der Waals surface area contributed by atoms with Crippen LogP contribution < -0.4 is 10.6 Å². The molecule has 0 aliphatic heterocycles. The third kappa shape index (κ3) is 6.98. The van der Waals surface area contributed by atoms with Gasteiger partial charge in [0.1, 0.15) is 5.82 Å². The molecular formula is C17H26FN3S. The fourth-order valence-electron chi connectivity index (χ4n) is 1.99. The summed E-state index contributed by atoms with van der Waals surface area (Å²) in [5.41, 5.74) is 2.09. The van der Waals surface area contributed by atoms with E-state index >= 15 is 0 Å². The van der Waals surface area contributed by atoms with Crippen molar-refractivity contribution in [3.63, 3.8) is 0 Å². The Labute approximate surface area is 137 Å². The average molecular weight is 323 g/mol. The molecule has 0 aromatic heterocycles. The van der Waals surface area contributed by atoms with Crippen molar-refractivity contribution in [1.82, 2.24) is 10.6 Å². The van der Waals surface area contributed by atoms with Crippen LogP contribution in [0.15, 0.2) is 35.3 Å². The first-order valence-electron chi connectivity index (χ1n) is 7.60. The second-order valence-electron chi connectivity index (χ2n) is 4.83. The van der Waals surface area contributed by atoms with Gasteiger partial charge in [0, 0.05) is 18.8 Å². The summed E-state index contributed by atoms with van der Waals surface area (Å²) in [6, 6.07) is 4.93. The van der Waals surface area contributed by atoms with Gasteiger partial charge in [-0.3, -0.25) is 0 Å². The Morgan fingerprint density at radius 1 is 1.32 bits per heavy atom. The predicted molar refractivity (Wildman–Crippen MR) is 95.9 cm³/mol. The van der Waals surface area contributed by atoms with Gasteiger partial charge in [0.15, 0.2) is 5.96 Å². The molecule has 0 aliphatic carbocycles. The van der Waals surface area contributed by atoms with E-state index in [0.29, 0.717) is 6.54 Å². The lowest BCUT2D eigenvalue weighted by Crippen LogP contribution is -2.37. The van der Waals surface area contributed by atoms with Crippen LogP contribution in [-0.2, 0) is 12.3 Å². The van der Waals surface area contributed by atoms with Gasteiger partial charge in [-0.1, -0.05) is 18.2 Å². The van der Waals surface area contributed by atoms with E-state index in [-0.39, 0.29) is 5.82 Å². The molecule has 0 atom stereocenters. The van der Waals surface area contributed by atoms with Crippen molar-refractivity contribution in [2.45, 2.75) is 32.6 Å². The molecule has 1 rings (SSSR count). The lowest BCUT2D eigenvalue weighted by molar-refractivity contribution is 0.625. The molecule has 0 aliphatic rings. The number of benzene rings is 1. The van der Waals surface area contributed by atoms with Crippen molar-refractivity contribution in [2.75, 3.05) is 19.3 Å². The Bertz CT molecular complexity index is 501. The summed E-state index contributed by atoms with van der Waals surface area (Å²) in [6.07, 6.45) is 7.14. The number of allylic oxidation sites excluding steroid dienone is 1. The van der Waals surface area contributed by atoms with E-state index in [4.69, 9.17) is 0 Å². The second-order valence-corrected chi connectivity index (χ2v) is 5.69. The largest absolute Gasteiger partial charge is 0.357 e. The van der Waals surface area contributed by atoms with E-state index in [2.05, 4.69) is 21.7 Å². The molecule has 0 radical (unpaired) electrons. The van der Waals surface area contributed by atoms with Crippen molar-refractivity contribution in [3.05, 3.63) is 47.3 Å². The highest BCUT2D eigenvalue weighted by Crippen LogP contribution is 2.17. The van der Waals surface area contributed by atoms with Crippen LogP contribution in [0.5, 0.6) is 0 Å². The van der Waals surface area contributed by atoms with Crippen LogP contribution in [0.25, 0.3) is 0 Å². The zero-order chi connectivity index (χ0) is 16.2. The number of nitrogens with one attached hydrogen (secondary N) is 2. The van der Waals surface area contributed by atoms with Gasteiger partial charge in [-0.05, 0) is 49.8 Å². The van der Waals surface area contributed by atoms with Crippen molar-refractivity contribution < 1.29 is 4.39 Å². The van der Waals surface area contributed by atoms with Gasteiger partial charge in [0.25, 0.3) is 0 Å². The number of aliphatic imine (C=N–C) groups is 1. The standard InChI is InChI=1S/C17H26FN3S/c1-4-6-7-10-20-17(19-5-2)21-12-14-8-9-16(18)11-15(14)13-22-3/h4,6,8-9,11H,5,7,10,12-13H2,1-3H3,(H2,19,20,21)/b6-4+. The molecule has 5 heteroatoms. The van der Waals surface area contributed by atoms with E-state index in [1.807, 2.05) is 32.2 Å². The second kappa shape index (κ2) is 11.1. The smallest absolute Gasteiger partial charge is 0.191 e. The van der Waals surface area contributed by atoms with Gasteiger partial charge >= 0.3 is 0 Å². The maximum absolute atomic E-state index is 13.4. The molecule has 0 spiro atoms. The molecule has 1 aromatic carbocycles. The van der Waals surface area contributed by atoms with Crippen molar-refractivity contribution in [1.29, 1.82) is 0 Å². The number of halogens is 1. The van der Waals surface area contributed by atoms with Gasteiger partial charge < -0.3 is 10.6 Å². The molecule has 122 valence electrons. The number of thioether (sulfide) groups is 1. The van der Waals surface area contributed by atoms with Gasteiger partial charge in [-0.2, -0.15) is 11.8 Å². The zero-order valence-corrected chi connectivity index (χ0v) is 14.5. The Balaban J connectivity index is 2.72. The van der Waals surface area contributed by atoms with Crippen LogP contribution in [0, 0.1) is 5.82 Å². The summed E-state index contributed by atoms with van der Waals surface area (Å²) in [6.45, 7) is 6.27. The molecule has 0 fully saturated rings. The van der Waals surface area contributed by atoms with Crippen molar-refractivity contribution >= 4 is 17.7 Å². The van der Waals surface area contributed by atoms with Crippen LogP contribution in [0.1, 0.15) is 31.4 Å². The normalized spacial score (nSPS) is 11.9. The number of nitrogens with zero attached hydrogens (tertiary/aromatic N) is 1. The van der Waals surface area contributed by atoms with E-state index in [9.17, 15) is 4.39 Å². The molecule has 1 aromatic rings. The summed E-state index contributed by atoms with van der Waals surface area (Å²) in [5.74, 6) is 1.41. The molecule has 0 saturated carbocycles. The van der Waals surface area contributed by atoms with Gasteiger partial charge in [0.05, 0.1) is 6.54 Å². The fourth-order valence-corrected chi connectivity index (χ4v) is 2.56. The summed E-state index contributed by atoms with van der Waals surface area (Å²) < 4.78 is 13.4. The lowest BCUT2D eigenvalue weighted by atomic mass is 10.1.